The van der Waals surface area contributed by atoms with E-state index in [1.54, 1.807) is 29.6 Å². The first-order valence-corrected chi connectivity index (χ1v) is 5.75. The number of halogens is 1. The van der Waals surface area contributed by atoms with Crippen molar-refractivity contribution in [1.82, 2.24) is 15.1 Å². The summed E-state index contributed by atoms with van der Waals surface area (Å²) in [5.74, 6) is -1.08. The fraction of sp³-hybridized carbons (Fsp3) is 0. The number of carbonyl (C=O) groups is 2. The summed E-state index contributed by atoms with van der Waals surface area (Å²) in [7, 11) is 0. The molecule has 0 spiro atoms. The maximum absolute atomic E-state index is 11.5. The zero-order chi connectivity index (χ0) is 14.7. The van der Waals surface area contributed by atoms with E-state index in [0.29, 0.717) is 10.7 Å². The minimum absolute atomic E-state index is 0.509. The fourth-order valence-electron chi connectivity index (χ4n) is 1.46. The average molecular weight is 294 g/mol. The summed E-state index contributed by atoms with van der Waals surface area (Å²) in [5, 5.41) is 14.4. The number of rotatable bonds is 2. The van der Waals surface area contributed by atoms with E-state index < -0.39 is 23.1 Å². The molecule has 2 amide bonds. The van der Waals surface area contributed by atoms with Crippen LogP contribution in [0.4, 0.5) is 4.79 Å². The number of hydrogen-bond donors (Lipinski definition) is 2. The summed E-state index contributed by atoms with van der Waals surface area (Å²) in [4.78, 5) is 33.5. The van der Waals surface area contributed by atoms with E-state index >= 15 is 0 Å². The molecule has 7 nitrogen and oxygen atoms in total. The number of hydrogen-bond acceptors (Lipinski definition) is 4. The van der Waals surface area contributed by atoms with Crippen LogP contribution in [0.1, 0.15) is 10.5 Å². The van der Waals surface area contributed by atoms with Crippen LogP contribution in [0.15, 0.2) is 41.3 Å². The van der Waals surface area contributed by atoms with Crippen molar-refractivity contribution in [3.05, 3.63) is 57.5 Å². The highest BCUT2D eigenvalue weighted by atomic mass is 35.5. The third-order valence-corrected chi connectivity index (χ3v) is 2.59. The summed E-state index contributed by atoms with van der Waals surface area (Å²) in [6.07, 6.45) is -0.193. The molecular weight excluding hydrogens is 286 g/mol. The van der Waals surface area contributed by atoms with E-state index in [1.165, 1.54) is 10.9 Å². The maximum Gasteiger partial charge on any atom is 0.411 e. The second kappa shape index (κ2) is 5.54. The average Bonchev–Trinajstić information content (AvgIpc) is 2.39. The van der Waals surface area contributed by atoms with Gasteiger partial charge in [-0.3, -0.25) is 14.9 Å². The SMILES string of the molecule is O=C(O)NC(=O)c1nn(-c2ccc(Cl)cc2)ccc1=O. The first-order chi connectivity index (χ1) is 9.47. The summed E-state index contributed by atoms with van der Waals surface area (Å²) in [6.45, 7) is 0. The number of benzene rings is 1. The van der Waals surface area contributed by atoms with Crippen LogP contribution in [-0.4, -0.2) is 26.9 Å². The summed E-state index contributed by atoms with van der Waals surface area (Å²) >= 11 is 5.75. The molecular formula is C12H8ClN3O4. The Morgan fingerprint density at radius 3 is 2.45 bits per heavy atom. The van der Waals surface area contributed by atoms with Crippen LogP contribution in [0.3, 0.4) is 0 Å². The van der Waals surface area contributed by atoms with Crippen LogP contribution in [0, 0.1) is 0 Å². The summed E-state index contributed by atoms with van der Waals surface area (Å²) in [6, 6.07) is 7.64. The highest BCUT2D eigenvalue weighted by molar-refractivity contribution is 6.30. The van der Waals surface area contributed by atoms with Gasteiger partial charge in [0.25, 0.3) is 5.91 Å². The third kappa shape index (κ3) is 3.01. The molecule has 0 bridgehead atoms. The van der Waals surface area contributed by atoms with Crippen molar-refractivity contribution in [2.75, 3.05) is 0 Å². The first kappa shape index (κ1) is 13.8. The molecule has 20 heavy (non-hydrogen) atoms. The molecule has 102 valence electrons. The van der Waals surface area contributed by atoms with Crippen molar-refractivity contribution in [3.8, 4) is 5.69 Å². The Morgan fingerprint density at radius 1 is 1.20 bits per heavy atom. The maximum atomic E-state index is 11.5. The Morgan fingerprint density at radius 2 is 1.85 bits per heavy atom. The first-order valence-electron chi connectivity index (χ1n) is 5.37. The largest absolute Gasteiger partial charge is 0.465 e. The van der Waals surface area contributed by atoms with Gasteiger partial charge in [0, 0.05) is 17.3 Å². The van der Waals surface area contributed by atoms with E-state index in [2.05, 4.69) is 5.10 Å². The lowest BCUT2D eigenvalue weighted by molar-refractivity contribution is 0.0940. The monoisotopic (exact) mass is 293 g/mol. The van der Waals surface area contributed by atoms with Crippen LogP contribution >= 0.6 is 11.6 Å². The topological polar surface area (TPSA) is 101 Å². The molecule has 8 heteroatoms. The van der Waals surface area contributed by atoms with Gasteiger partial charge in [-0.15, -0.1) is 0 Å². The number of nitrogens with one attached hydrogen (secondary N) is 1. The highest BCUT2D eigenvalue weighted by Gasteiger charge is 2.15. The number of aromatic nitrogens is 2. The Balaban J connectivity index is 2.43. The Kier molecular flexibility index (Phi) is 3.81. The predicted octanol–water partition coefficient (Wildman–Crippen LogP) is 1.29. The molecule has 0 radical (unpaired) electrons. The number of amides is 2. The van der Waals surface area contributed by atoms with Gasteiger partial charge in [-0.25, -0.2) is 9.48 Å². The molecule has 2 N–H and O–H groups in total. The van der Waals surface area contributed by atoms with Gasteiger partial charge in [-0.2, -0.15) is 5.10 Å². The summed E-state index contributed by atoms with van der Waals surface area (Å²) in [5.41, 5.74) is -0.613. The van der Waals surface area contributed by atoms with Crippen LogP contribution in [0.5, 0.6) is 0 Å². The van der Waals surface area contributed by atoms with E-state index in [1.807, 2.05) is 0 Å². The molecule has 0 aliphatic rings. The van der Waals surface area contributed by atoms with Crippen molar-refractivity contribution in [3.63, 3.8) is 0 Å². The van der Waals surface area contributed by atoms with Crippen LogP contribution in [-0.2, 0) is 0 Å². The predicted molar refractivity (Wildman–Crippen MR) is 70.3 cm³/mol. The number of carboxylic acid groups (broad SMARTS) is 1. The highest BCUT2D eigenvalue weighted by Crippen LogP contribution is 2.11. The van der Waals surface area contributed by atoms with Crippen LogP contribution in [0.25, 0.3) is 5.69 Å². The van der Waals surface area contributed by atoms with E-state index in [4.69, 9.17) is 16.7 Å². The number of nitrogens with zero attached hydrogens (tertiary/aromatic N) is 2. The summed E-state index contributed by atoms with van der Waals surface area (Å²) < 4.78 is 1.27. The molecule has 0 aliphatic heterocycles. The lowest BCUT2D eigenvalue weighted by atomic mass is 10.3. The zero-order valence-electron chi connectivity index (χ0n) is 9.91. The normalized spacial score (nSPS) is 10.1. The van der Waals surface area contributed by atoms with Crippen molar-refractivity contribution in [2.45, 2.75) is 0 Å². The van der Waals surface area contributed by atoms with Crippen LogP contribution < -0.4 is 10.7 Å². The van der Waals surface area contributed by atoms with Gasteiger partial charge in [-0.05, 0) is 24.3 Å². The Labute approximate surface area is 117 Å². The van der Waals surface area contributed by atoms with Gasteiger partial charge in [-0.1, -0.05) is 11.6 Å². The molecule has 0 saturated carbocycles. The van der Waals surface area contributed by atoms with Gasteiger partial charge in [0.2, 0.25) is 5.43 Å². The molecule has 0 fully saturated rings. The minimum atomic E-state index is -1.56. The van der Waals surface area contributed by atoms with Gasteiger partial charge in [0.05, 0.1) is 5.69 Å². The quantitative estimate of drug-likeness (QED) is 0.869. The molecule has 0 unspecified atom stereocenters. The van der Waals surface area contributed by atoms with Crippen molar-refractivity contribution in [2.24, 2.45) is 0 Å². The molecule has 1 aromatic heterocycles. The second-order valence-corrected chi connectivity index (χ2v) is 4.15. The van der Waals surface area contributed by atoms with Gasteiger partial charge < -0.3 is 5.11 Å². The van der Waals surface area contributed by atoms with Gasteiger partial charge in [0.1, 0.15) is 0 Å². The molecule has 1 aromatic carbocycles. The van der Waals surface area contributed by atoms with E-state index in [9.17, 15) is 14.4 Å². The van der Waals surface area contributed by atoms with Gasteiger partial charge >= 0.3 is 6.09 Å². The standard InChI is InChI=1S/C12H8ClN3O4/c13-7-1-3-8(4-2-7)16-6-5-9(17)10(15-16)11(18)14-12(19)20/h1-6H,(H,14,18)(H,19,20). The number of carbonyl (C=O) groups excluding carboxylic acids is 1. The fourth-order valence-corrected chi connectivity index (χ4v) is 1.58. The molecule has 0 atom stereocenters. The lowest BCUT2D eigenvalue weighted by Crippen LogP contribution is -2.34. The third-order valence-electron chi connectivity index (χ3n) is 2.33. The van der Waals surface area contributed by atoms with Crippen molar-refractivity contribution in [1.29, 1.82) is 0 Å². The van der Waals surface area contributed by atoms with Crippen LogP contribution in [0.2, 0.25) is 5.02 Å². The lowest BCUT2D eigenvalue weighted by Gasteiger charge is -2.06. The molecule has 2 rings (SSSR count). The number of imide groups is 1. The van der Waals surface area contributed by atoms with Crippen molar-refractivity contribution < 1.29 is 14.7 Å². The molecule has 0 aliphatic carbocycles. The molecule has 0 saturated heterocycles. The molecule has 2 aromatic rings. The Bertz CT molecular complexity index is 724. The van der Waals surface area contributed by atoms with Crippen molar-refractivity contribution >= 4 is 23.6 Å². The van der Waals surface area contributed by atoms with Gasteiger partial charge in [0.15, 0.2) is 5.69 Å². The smallest absolute Gasteiger partial charge is 0.411 e. The Hall–Kier alpha value is -2.67. The van der Waals surface area contributed by atoms with E-state index in [-0.39, 0.29) is 0 Å². The minimum Gasteiger partial charge on any atom is -0.465 e. The van der Waals surface area contributed by atoms with E-state index in [0.717, 1.165) is 6.07 Å². The zero-order valence-corrected chi connectivity index (χ0v) is 10.7. The second-order valence-electron chi connectivity index (χ2n) is 3.71. The molecule has 1 heterocycles.